The molecule has 43 heavy (non-hydrogen) atoms. The Bertz CT molecular complexity index is 1630. The second-order valence-electron chi connectivity index (χ2n) is 10.1. The van der Waals surface area contributed by atoms with Gasteiger partial charge in [-0.15, -0.1) is 0 Å². The van der Waals surface area contributed by atoms with Crippen molar-refractivity contribution in [1.29, 1.82) is 5.41 Å². The first-order chi connectivity index (χ1) is 20.7. The van der Waals surface area contributed by atoms with Gasteiger partial charge in [0.05, 0.1) is 23.9 Å². The number of nitrogens with one attached hydrogen (secondary N) is 3. The molecule has 2 aromatic carbocycles. The van der Waals surface area contributed by atoms with Gasteiger partial charge in [-0.2, -0.15) is 9.78 Å². The van der Waals surface area contributed by atoms with E-state index in [1.807, 2.05) is 6.92 Å². The summed E-state index contributed by atoms with van der Waals surface area (Å²) in [6, 6.07) is 10.5. The number of amides is 2. The van der Waals surface area contributed by atoms with Gasteiger partial charge in [0.2, 0.25) is 0 Å². The first-order valence-corrected chi connectivity index (χ1v) is 13.6. The van der Waals surface area contributed by atoms with E-state index in [0.29, 0.717) is 30.0 Å². The Hall–Kier alpha value is -5.40. The number of nitrogen functional groups attached to an aromatic ring is 1. The number of nitrogens with zero attached hydrogens (tertiary/aromatic N) is 6. The number of methoxy groups -OCH3 is 1. The number of halogens is 1. The Kier molecular flexibility index (Phi) is 8.55. The fourth-order valence-electron chi connectivity index (χ4n) is 4.98. The molecule has 0 saturated carbocycles. The zero-order chi connectivity index (χ0) is 30.5. The Labute approximate surface area is 246 Å². The van der Waals surface area contributed by atoms with Crippen LogP contribution < -0.4 is 21.1 Å². The Morgan fingerprint density at radius 3 is 2.70 bits per heavy atom. The van der Waals surface area contributed by atoms with E-state index >= 15 is 0 Å². The van der Waals surface area contributed by atoms with Crippen molar-refractivity contribution in [2.75, 3.05) is 31.2 Å². The van der Waals surface area contributed by atoms with E-state index in [4.69, 9.17) is 15.9 Å². The molecule has 5 N–H and O–H groups in total. The second kappa shape index (κ2) is 12.6. The van der Waals surface area contributed by atoms with Gasteiger partial charge >= 0.3 is 6.03 Å². The monoisotopic (exact) mass is 586 g/mol. The van der Waals surface area contributed by atoms with Gasteiger partial charge in [0, 0.05) is 31.2 Å². The zero-order valence-corrected chi connectivity index (χ0v) is 23.6. The molecule has 1 aliphatic rings. The molecule has 5 rings (SSSR count). The van der Waals surface area contributed by atoms with Crippen molar-refractivity contribution >= 4 is 29.3 Å². The van der Waals surface area contributed by atoms with Gasteiger partial charge in [0.15, 0.2) is 0 Å². The van der Waals surface area contributed by atoms with Crippen LogP contribution in [-0.2, 0) is 6.54 Å². The Morgan fingerprint density at radius 2 is 1.98 bits per heavy atom. The molecule has 13 nitrogen and oxygen atoms in total. The molecule has 2 atom stereocenters. The number of hydrogen-bond acceptors (Lipinski definition) is 10. The van der Waals surface area contributed by atoms with Crippen molar-refractivity contribution in [3.63, 3.8) is 0 Å². The Morgan fingerprint density at radius 1 is 1.19 bits per heavy atom. The van der Waals surface area contributed by atoms with Gasteiger partial charge in [-0.05, 0) is 43.0 Å². The number of hydrogen-bond donors (Lipinski definition) is 4. The zero-order valence-electron chi connectivity index (χ0n) is 23.6. The van der Waals surface area contributed by atoms with E-state index in [1.54, 1.807) is 29.2 Å². The highest BCUT2D eigenvalue weighted by Crippen LogP contribution is 2.27. The molecule has 0 radical (unpaired) electrons. The third-order valence-corrected chi connectivity index (χ3v) is 7.41. The van der Waals surface area contributed by atoms with E-state index in [1.165, 1.54) is 42.9 Å². The summed E-state index contributed by atoms with van der Waals surface area (Å²) in [5, 5.41) is 19.0. The molecule has 1 saturated heterocycles. The summed E-state index contributed by atoms with van der Waals surface area (Å²) in [7, 11) is 1.41. The standard InChI is InChI=1S/C29H31FN10O3/c1-17(20-9-10-39(13-20)29(42)40-16-33-14-37-40)38-27-24(26(32)35-15-36-27)25(31)19-5-3-18(4-6-19)12-34-28(41)22-11-21(30)7-8-23(22)43-2/h3-8,11,14-17,20,31H,9-10,12-13H2,1-2H3,(H,34,41)(H3,32,35,36,38). The molecule has 1 aliphatic heterocycles. The average molecular weight is 587 g/mol. The summed E-state index contributed by atoms with van der Waals surface area (Å²) in [5.41, 5.74) is 8.16. The number of anilines is 2. The predicted molar refractivity (Wildman–Crippen MR) is 157 cm³/mol. The summed E-state index contributed by atoms with van der Waals surface area (Å²) >= 11 is 0. The molecule has 2 unspecified atom stereocenters. The quantitative estimate of drug-likeness (QED) is 0.215. The van der Waals surface area contributed by atoms with Crippen LogP contribution in [-0.4, -0.2) is 73.5 Å². The van der Waals surface area contributed by atoms with E-state index in [0.717, 1.165) is 18.1 Å². The Balaban J connectivity index is 1.24. The maximum Gasteiger partial charge on any atom is 0.346 e. The number of benzene rings is 2. The number of nitrogens with two attached hydrogens (primary N) is 1. The number of carbonyl (C=O) groups excluding carboxylic acids is 2. The van der Waals surface area contributed by atoms with Crippen molar-refractivity contribution in [2.24, 2.45) is 5.92 Å². The number of carbonyl (C=O) groups is 2. The summed E-state index contributed by atoms with van der Waals surface area (Å²) in [4.78, 5) is 39.3. The highest BCUT2D eigenvalue weighted by atomic mass is 19.1. The number of aromatic nitrogens is 5. The highest BCUT2D eigenvalue weighted by Gasteiger charge is 2.32. The largest absolute Gasteiger partial charge is 0.496 e. The van der Waals surface area contributed by atoms with E-state index in [-0.39, 0.29) is 47.4 Å². The third kappa shape index (κ3) is 6.42. The van der Waals surface area contributed by atoms with Crippen molar-refractivity contribution in [3.8, 4) is 5.75 Å². The van der Waals surface area contributed by atoms with Crippen LogP contribution in [0.4, 0.5) is 20.8 Å². The maximum absolute atomic E-state index is 13.7. The van der Waals surface area contributed by atoms with Crippen LogP contribution in [0.2, 0.25) is 0 Å². The smallest absolute Gasteiger partial charge is 0.346 e. The molecule has 2 aromatic heterocycles. The summed E-state index contributed by atoms with van der Waals surface area (Å²) in [5.74, 6) is -0.0249. The lowest BCUT2D eigenvalue weighted by Crippen LogP contribution is -2.35. The molecular weight excluding hydrogens is 555 g/mol. The van der Waals surface area contributed by atoms with Gasteiger partial charge < -0.3 is 26.0 Å². The maximum atomic E-state index is 13.7. The van der Waals surface area contributed by atoms with Gasteiger partial charge in [0.1, 0.15) is 42.2 Å². The van der Waals surface area contributed by atoms with Gasteiger partial charge in [-0.25, -0.2) is 24.1 Å². The average Bonchev–Trinajstić information content (AvgIpc) is 3.73. The van der Waals surface area contributed by atoms with Gasteiger partial charge in [-0.1, -0.05) is 24.3 Å². The van der Waals surface area contributed by atoms with Gasteiger partial charge in [-0.3, -0.25) is 10.2 Å². The first kappa shape index (κ1) is 29.1. The number of ether oxygens (including phenoxy) is 1. The molecule has 0 aliphatic carbocycles. The lowest BCUT2D eigenvalue weighted by molar-refractivity contribution is 0.0947. The van der Waals surface area contributed by atoms with Crippen LogP contribution in [0.3, 0.4) is 0 Å². The highest BCUT2D eigenvalue weighted by molar-refractivity contribution is 6.16. The topological polar surface area (TPSA) is 177 Å². The van der Waals surface area contributed by atoms with Crippen molar-refractivity contribution in [1.82, 2.24) is 34.9 Å². The molecule has 2 amide bonds. The van der Waals surface area contributed by atoms with Crippen molar-refractivity contribution < 1.29 is 18.7 Å². The van der Waals surface area contributed by atoms with Crippen LogP contribution in [0, 0.1) is 17.1 Å². The summed E-state index contributed by atoms with van der Waals surface area (Å²) in [6.45, 7) is 3.31. The predicted octanol–water partition coefficient (Wildman–Crippen LogP) is 2.93. The normalized spacial score (nSPS) is 15.1. The van der Waals surface area contributed by atoms with Crippen LogP contribution >= 0.6 is 0 Å². The van der Waals surface area contributed by atoms with Crippen molar-refractivity contribution in [3.05, 3.63) is 89.5 Å². The van der Waals surface area contributed by atoms with Crippen LogP contribution in [0.15, 0.2) is 61.4 Å². The molecule has 14 heteroatoms. The SMILES string of the molecule is COc1ccc(F)cc1C(=O)NCc1ccc(C(=N)c2c(N)ncnc2NC(C)C2CCN(C(=O)n3cncn3)C2)cc1. The molecular formula is C29H31FN10O3. The molecule has 0 spiro atoms. The van der Waals surface area contributed by atoms with Crippen molar-refractivity contribution in [2.45, 2.75) is 25.9 Å². The van der Waals surface area contributed by atoms with Gasteiger partial charge in [0.25, 0.3) is 5.91 Å². The van der Waals surface area contributed by atoms with E-state index in [2.05, 4.69) is 30.7 Å². The number of rotatable bonds is 9. The van der Waals surface area contributed by atoms with Crippen LogP contribution in [0.1, 0.15) is 40.4 Å². The summed E-state index contributed by atoms with van der Waals surface area (Å²) in [6.07, 6.45) is 4.83. The minimum Gasteiger partial charge on any atom is -0.496 e. The third-order valence-electron chi connectivity index (χ3n) is 7.41. The van der Waals surface area contributed by atoms with Crippen LogP contribution in [0.5, 0.6) is 5.75 Å². The molecule has 222 valence electrons. The lowest BCUT2D eigenvalue weighted by Gasteiger charge is -2.23. The fourth-order valence-corrected chi connectivity index (χ4v) is 4.98. The molecule has 0 bridgehead atoms. The lowest BCUT2D eigenvalue weighted by atomic mass is 9.98. The molecule has 1 fully saturated rings. The summed E-state index contributed by atoms with van der Waals surface area (Å²) < 4.78 is 20.0. The fraction of sp³-hybridized carbons (Fsp3) is 0.276. The van der Waals surface area contributed by atoms with E-state index in [9.17, 15) is 14.0 Å². The minimum atomic E-state index is -0.537. The van der Waals surface area contributed by atoms with Crippen LogP contribution in [0.25, 0.3) is 0 Å². The molecule has 4 aromatic rings. The molecule has 3 heterocycles. The number of likely N-dealkylation sites (tertiary alicyclic amines) is 1. The second-order valence-corrected chi connectivity index (χ2v) is 10.1. The first-order valence-electron chi connectivity index (χ1n) is 13.6. The minimum absolute atomic E-state index is 0.0860. The van der Waals surface area contributed by atoms with E-state index < -0.39 is 11.7 Å².